The average Bonchev–Trinajstić information content (AvgIpc) is 2.03. The van der Waals surface area contributed by atoms with Gasteiger partial charge in [-0.05, 0) is 0 Å². The Hall–Kier alpha value is 0.816. The molecular weight excluding hydrogens is 163 g/mol. The van der Waals surface area contributed by atoms with Crippen molar-refractivity contribution in [3.8, 4) is 0 Å². The molecule has 11 heavy (non-hydrogen) atoms. The number of hydrogen-bond donors (Lipinski definition) is 1. The van der Waals surface area contributed by atoms with Gasteiger partial charge in [0, 0.05) is 0 Å². The van der Waals surface area contributed by atoms with Gasteiger partial charge in [-0.1, -0.05) is 6.61 Å². The summed E-state index contributed by atoms with van der Waals surface area (Å²) in [4.78, 5) is 0. The maximum atomic E-state index is 8.46. The molecule has 0 atom stereocenters. The zero-order chi connectivity index (χ0) is 7.23. The Balaban J connectivity index is 0.000001000. The van der Waals surface area contributed by atoms with Crippen LogP contribution >= 0.6 is 0 Å². The van der Waals surface area contributed by atoms with Crippen molar-refractivity contribution in [1.29, 1.82) is 0 Å². The molecule has 0 fully saturated rings. The van der Waals surface area contributed by atoms with Gasteiger partial charge in [0.25, 0.3) is 0 Å². The summed E-state index contributed by atoms with van der Waals surface area (Å²) in [6.45, 7) is 0.142. The maximum Gasteiger partial charge on any atom is 1.00 e. The topological polar surface area (TPSA) is 20.2 Å². The summed E-state index contributed by atoms with van der Waals surface area (Å²) in [5, 5.41) is 8.46. The third kappa shape index (κ3) is 5.12. The first-order chi connectivity index (χ1) is 4.93. The van der Waals surface area contributed by atoms with Gasteiger partial charge in [0.15, 0.2) is 0 Å². The van der Waals surface area contributed by atoms with E-state index in [4.69, 9.17) is 5.11 Å². The SMILES string of the molecule is OC[CH-]Cc1[c-]cccc1.[K+]. The predicted molar refractivity (Wildman–Crippen MR) is 40.4 cm³/mol. The first-order valence-corrected chi connectivity index (χ1v) is 3.31. The Morgan fingerprint density at radius 3 is 2.82 bits per heavy atom. The molecule has 1 N–H and O–H groups in total. The van der Waals surface area contributed by atoms with Gasteiger partial charge >= 0.3 is 51.4 Å². The molecule has 0 amide bonds. The van der Waals surface area contributed by atoms with E-state index in [0.717, 1.165) is 12.0 Å². The average molecular weight is 173 g/mol. The number of benzene rings is 1. The molecule has 0 aliphatic carbocycles. The third-order valence-electron chi connectivity index (χ3n) is 1.27. The van der Waals surface area contributed by atoms with E-state index in [1.165, 1.54) is 0 Å². The Labute approximate surface area is 110 Å². The second-order valence-electron chi connectivity index (χ2n) is 2.06. The maximum absolute atomic E-state index is 8.46. The molecule has 0 heterocycles. The van der Waals surface area contributed by atoms with Crippen molar-refractivity contribution in [2.75, 3.05) is 6.61 Å². The van der Waals surface area contributed by atoms with E-state index < -0.39 is 0 Å². The molecule has 0 spiro atoms. The van der Waals surface area contributed by atoms with Crippen LogP contribution in [0.5, 0.6) is 0 Å². The van der Waals surface area contributed by atoms with E-state index in [9.17, 15) is 0 Å². The molecule has 0 radical (unpaired) electrons. The standard InChI is InChI=1S/C9H10O.K/c10-8-4-7-9-5-2-1-3-6-9;/h1-5,10H,7-8H2;/q-2;+1. The summed E-state index contributed by atoms with van der Waals surface area (Å²) in [6, 6.07) is 10.8. The van der Waals surface area contributed by atoms with Crippen molar-refractivity contribution in [1.82, 2.24) is 0 Å². The quantitative estimate of drug-likeness (QED) is 0.424. The van der Waals surface area contributed by atoms with Crippen molar-refractivity contribution in [3.05, 3.63) is 42.3 Å². The molecule has 0 aliphatic heterocycles. The van der Waals surface area contributed by atoms with E-state index in [0.29, 0.717) is 0 Å². The second kappa shape index (κ2) is 7.46. The molecule has 2 heteroatoms. The van der Waals surface area contributed by atoms with E-state index in [1.807, 2.05) is 30.7 Å². The Kier molecular flexibility index (Phi) is 8.02. The van der Waals surface area contributed by atoms with Gasteiger partial charge in [0.2, 0.25) is 0 Å². The van der Waals surface area contributed by atoms with Crippen molar-refractivity contribution in [3.63, 3.8) is 0 Å². The van der Waals surface area contributed by atoms with Gasteiger partial charge < -0.3 is 11.5 Å². The number of hydrogen-bond acceptors (Lipinski definition) is 1. The molecule has 0 aromatic heterocycles. The smallest absolute Gasteiger partial charge is 0.428 e. The fraction of sp³-hybridized carbons (Fsp3) is 0.222. The molecule has 1 rings (SSSR count). The monoisotopic (exact) mass is 173 g/mol. The summed E-state index contributed by atoms with van der Waals surface area (Å²) < 4.78 is 0. The van der Waals surface area contributed by atoms with E-state index in [1.54, 1.807) is 0 Å². The van der Waals surface area contributed by atoms with Crippen LogP contribution in [0.3, 0.4) is 0 Å². The number of aliphatic hydroxyl groups is 1. The zero-order valence-corrected chi connectivity index (χ0v) is 9.87. The third-order valence-corrected chi connectivity index (χ3v) is 1.27. The summed E-state index contributed by atoms with van der Waals surface area (Å²) in [7, 11) is 0. The van der Waals surface area contributed by atoms with Crippen LogP contribution in [0.25, 0.3) is 0 Å². The first-order valence-electron chi connectivity index (χ1n) is 3.31. The van der Waals surface area contributed by atoms with Gasteiger partial charge in [-0.3, -0.25) is 0 Å². The van der Waals surface area contributed by atoms with Gasteiger partial charge in [0.1, 0.15) is 0 Å². The first kappa shape index (κ1) is 11.8. The van der Waals surface area contributed by atoms with Crippen LogP contribution in [0.1, 0.15) is 5.56 Å². The van der Waals surface area contributed by atoms with E-state index in [-0.39, 0.29) is 58.0 Å². The summed E-state index contributed by atoms with van der Waals surface area (Å²) >= 11 is 0. The van der Waals surface area contributed by atoms with Gasteiger partial charge in [-0.2, -0.15) is 42.3 Å². The van der Waals surface area contributed by atoms with Crippen molar-refractivity contribution in [2.24, 2.45) is 0 Å². The molecule has 0 aliphatic rings. The van der Waals surface area contributed by atoms with E-state index in [2.05, 4.69) is 6.07 Å². The minimum atomic E-state index is 0. The molecule has 0 saturated heterocycles. The minimum absolute atomic E-state index is 0. The predicted octanol–water partition coefficient (Wildman–Crippen LogP) is -1.77. The van der Waals surface area contributed by atoms with Crippen LogP contribution in [0.2, 0.25) is 0 Å². The molecule has 1 aromatic rings. The molecule has 0 unspecified atom stereocenters. The van der Waals surface area contributed by atoms with Gasteiger partial charge in [-0.15, -0.1) is 0 Å². The normalized spacial score (nSPS) is 8.82. The van der Waals surface area contributed by atoms with Crippen LogP contribution in [0.15, 0.2) is 24.3 Å². The summed E-state index contributed by atoms with van der Waals surface area (Å²) in [6.07, 6.45) is 2.61. The zero-order valence-electron chi connectivity index (χ0n) is 6.75. The summed E-state index contributed by atoms with van der Waals surface area (Å²) in [5.74, 6) is 0. The van der Waals surface area contributed by atoms with Crippen LogP contribution in [-0.4, -0.2) is 11.7 Å². The molecular formula is C9H10KO-. The second-order valence-corrected chi connectivity index (χ2v) is 2.06. The summed E-state index contributed by atoms with van der Waals surface area (Å²) in [5.41, 5.74) is 1.12. The van der Waals surface area contributed by atoms with E-state index >= 15 is 0 Å². The fourth-order valence-corrected chi connectivity index (χ4v) is 0.778. The number of aliphatic hydroxyl groups excluding tert-OH is 1. The van der Waals surface area contributed by atoms with Crippen LogP contribution in [-0.2, 0) is 6.42 Å². The van der Waals surface area contributed by atoms with Gasteiger partial charge in [-0.25, -0.2) is 0 Å². The minimum Gasteiger partial charge on any atom is -0.428 e. The van der Waals surface area contributed by atoms with Crippen LogP contribution in [0, 0.1) is 12.5 Å². The van der Waals surface area contributed by atoms with Crippen molar-refractivity contribution < 1.29 is 56.5 Å². The Bertz CT molecular complexity index is 174. The van der Waals surface area contributed by atoms with Gasteiger partial charge in [0.05, 0.1) is 0 Å². The van der Waals surface area contributed by atoms with Crippen LogP contribution in [0.4, 0.5) is 0 Å². The molecule has 54 valence electrons. The molecule has 0 saturated carbocycles. The fourth-order valence-electron chi connectivity index (χ4n) is 0.778. The molecule has 0 bridgehead atoms. The Morgan fingerprint density at radius 1 is 1.45 bits per heavy atom. The Morgan fingerprint density at radius 2 is 2.27 bits per heavy atom. The van der Waals surface area contributed by atoms with Crippen LogP contribution < -0.4 is 51.4 Å². The largest absolute Gasteiger partial charge is 1.00 e. The molecule has 1 nitrogen and oxygen atoms in total. The molecule has 1 aromatic carbocycles. The number of rotatable bonds is 3. The van der Waals surface area contributed by atoms with Crippen molar-refractivity contribution in [2.45, 2.75) is 6.42 Å². The van der Waals surface area contributed by atoms with Crippen molar-refractivity contribution >= 4 is 0 Å².